The van der Waals surface area contributed by atoms with Gasteiger partial charge in [0.1, 0.15) is 11.9 Å². The maximum atomic E-state index is 11.3. The first kappa shape index (κ1) is 14.6. The summed E-state index contributed by atoms with van der Waals surface area (Å²) in [4.78, 5) is 22.6. The molecule has 0 radical (unpaired) electrons. The number of carbonyl (C=O) groups excluding carboxylic acids is 2. The molecule has 1 aliphatic carbocycles. The van der Waals surface area contributed by atoms with E-state index in [2.05, 4.69) is 13.8 Å². The maximum Gasteiger partial charge on any atom is 0.308 e. The lowest BCUT2D eigenvalue weighted by atomic mass is 9.72. The summed E-state index contributed by atoms with van der Waals surface area (Å²) in [5.74, 6) is -0.196. The van der Waals surface area contributed by atoms with E-state index in [0.717, 1.165) is 24.0 Å². The van der Waals surface area contributed by atoms with E-state index < -0.39 is 0 Å². The number of fused-ring (bicyclic) bond motifs is 1. The highest BCUT2D eigenvalue weighted by Gasteiger charge is 2.36. The predicted molar refractivity (Wildman–Crippen MR) is 74.4 cm³/mol. The molecule has 0 heterocycles. The molecule has 0 fully saturated rings. The summed E-state index contributed by atoms with van der Waals surface area (Å²) in [6, 6.07) is 5.61. The van der Waals surface area contributed by atoms with E-state index in [1.54, 1.807) is 6.07 Å². The molecule has 1 atom stereocenters. The smallest absolute Gasteiger partial charge is 0.308 e. The molecule has 0 spiro atoms. The number of hydrogen-bond donors (Lipinski definition) is 0. The molecular weight excluding hydrogens is 256 g/mol. The number of esters is 2. The fourth-order valence-electron chi connectivity index (χ4n) is 2.85. The van der Waals surface area contributed by atoms with Gasteiger partial charge in [0.2, 0.25) is 0 Å². The van der Waals surface area contributed by atoms with Crippen LogP contribution in [0.2, 0.25) is 0 Å². The second-order valence-corrected chi connectivity index (χ2v) is 6.07. The molecule has 0 saturated carbocycles. The molecule has 1 unspecified atom stereocenters. The van der Waals surface area contributed by atoms with Crippen molar-refractivity contribution >= 4 is 11.9 Å². The Bertz CT molecular complexity index is 545. The molecular formula is C16H20O4. The molecule has 4 heteroatoms. The maximum absolute atomic E-state index is 11.3. The third kappa shape index (κ3) is 3.18. The Morgan fingerprint density at radius 1 is 1.20 bits per heavy atom. The molecule has 4 nitrogen and oxygen atoms in total. The average molecular weight is 276 g/mol. The summed E-state index contributed by atoms with van der Waals surface area (Å²) in [6.07, 6.45) is 1.23. The van der Waals surface area contributed by atoms with Crippen molar-refractivity contribution in [2.75, 3.05) is 0 Å². The number of ether oxygens (including phenoxy) is 2. The summed E-state index contributed by atoms with van der Waals surface area (Å²) in [5.41, 5.74) is 1.95. The Morgan fingerprint density at radius 2 is 1.90 bits per heavy atom. The van der Waals surface area contributed by atoms with Gasteiger partial charge < -0.3 is 9.47 Å². The molecule has 0 amide bonds. The minimum absolute atomic E-state index is 0.0436. The number of rotatable bonds is 2. The van der Waals surface area contributed by atoms with E-state index in [0.29, 0.717) is 5.75 Å². The van der Waals surface area contributed by atoms with Gasteiger partial charge in [-0.3, -0.25) is 9.59 Å². The molecule has 20 heavy (non-hydrogen) atoms. The van der Waals surface area contributed by atoms with Crippen molar-refractivity contribution in [1.29, 1.82) is 0 Å². The number of carbonyl (C=O) groups is 2. The molecule has 0 aliphatic heterocycles. The van der Waals surface area contributed by atoms with E-state index >= 15 is 0 Å². The lowest BCUT2D eigenvalue weighted by molar-refractivity contribution is -0.148. The summed E-state index contributed by atoms with van der Waals surface area (Å²) in [7, 11) is 0. The average Bonchev–Trinajstić information content (AvgIpc) is 2.24. The first-order valence-electron chi connectivity index (χ1n) is 6.76. The second-order valence-electron chi connectivity index (χ2n) is 6.07. The summed E-state index contributed by atoms with van der Waals surface area (Å²) >= 11 is 0. The molecule has 0 N–H and O–H groups in total. The standard InChI is InChI=1S/C16H20O4/c1-10(17)19-13-7-5-6-12-8-16(3,4)9-14(15(12)13)20-11(2)18/h5-7,14H,8-9H2,1-4H3. The number of benzene rings is 1. The Hall–Kier alpha value is -1.84. The van der Waals surface area contributed by atoms with Gasteiger partial charge in [-0.05, 0) is 29.9 Å². The van der Waals surface area contributed by atoms with Crippen LogP contribution < -0.4 is 4.74 Å². The van der Waals surface area contributed by atoms with Crippen molar-refractivity contribution in [3.63, 3.8) is 0 Å². The third-order valence-electron chi connectivity index (χ3n) is 3.45. The first-order valence-corrected chi connectivity index (χ1v) is 6.76. The zero-order chi connectivity index (χ0) is 14.9. The van der Waals surface area contributed by atoms with Gasteiger partial charge in [-0.25, -0.2) is 0 Å². The van der Waals surface area contributed by atoms with E-state index in [1.807, 2.05) is 12.1 Å². The van der Waals surface area contributed by atoms with Crippen molar-refractivity contribution in [3.8, 4) is 5.75 Å². The minimum atomic E-state index is -0.371. The monoisotopic (exact) mass is 276 g/mol. The highest BCUT2D eigenvalue weighted by molar-refractivity contribution is 5.71. The van der Waals surface area contributed by atoms with E-state index in [9.17, 15) is 9.59 Å². The SMILES string of the molecule is CC(=O)Oc1cccc2c1C(OC(C)=O)CC(C)(C)C2. The normalized spacial score (nSPS) is 19.9. The first-order chi connectivity index (χ1) is 9.28. The Morgan fingerprint density at radius 3 is 2.50 bits per heavy atom. The van der Waals surface area contributed by atoms with Gasteiger partial charge in [0.15, 0.2) is 0 Å². The van der Waals surface area contributed by atoms with Gasteiger partial charge >= 0.3 is 11.9 Å². The topological polar surface area (TPSA) is 52.6 Å². The van der Waals surface area contributed by atoms with Crippen molar-refractivity contribution in [2.24, 2.45) is 5.41 Å². The van der Waals surface area contributed by atoms with Gasteiger partial charge in [0, 0.05) is 19.4 Å². The van der Waals surface area contributed by atoms with Crippen molar-refractivity contribution in [1.82, 2.24) is 0 Å². The molecule has 1 aromatic carbocycles. The van der Waals surface area contributed by atoms with Crippen LogP contribution in [0, 0.1) is 5.41 Å². The molecule has 0 bridgehead atoms. The summed E-state index contributed by atoms with van der Waals surface area (Å²) in [6.45, 7) is 7.05. The van der Waals surface area contributed by atoms with Gasteiger partial charge in [-0.15, -0.1) is 0 Å². The molecule has 1 aliphatic rings. The van der Waals surface area contributed by atoms with Gasteiger partial charge in [-0.1, -0.05) is 26.0 Å². The molecule has 2 rings (SSSR count). The Balaban J connectivity index is 2.47. The van der Waals surface area contributed by atoms with Crippen LogP contribution in [0.4, 0.5) is 0 Å². The zero-order valence-electron chi connectivity index (χ0n) is 12.4. The highest BCUT2D eigenvalue weighted by atomic mass is 16.6. The lowest BCUT2D eigenvalue weighted by Crippen LogP contribution is -2.28. The molecule has 0 aromatic heterocycles. The van der Waals surface area contributed by atoms with E-state index in [1.165, 1.54) is 13.8 Å². The molecule has 1 aromatic rings. The fraction of sp³-hybridized carbons (Fsp3) is 0.500. The van der Waals surface area contributed by atoms with Gasteiger partial charge in [0.05, 0.1) is 0 Å². The quantitative estimate of drug-likeness (QED) is 0.615. The summed E-state index contributed by atoms with van der Waals surface area (Å²) in [5, 5.41) is 0. The van der Waals surface area contributed by atoms with E-state index in [-0.39, 0.29) is 23.5 Å². The fourth-order valence-corrected chi connectivity index (χ4v) is 2.85. The lowest BCUT2D eigenvalue weighted by Gasteiger charge is -2.37. The largest absolute Gasteiger partial charge is 0.457 e. The second kappa shape index (κ2) is 5.27. The van der Waals surface area contributed by atoms with Gasteiger partial charge in [0.25, 0.3) is 0 Å². The summed E-state index contributed by atoms with van der Waals surface area (Å²) < 4.78 is 10.7. The predicted octanol–water partition coefficient (Wildman–Crippen LogP) is 3.19. The third-order valence-corrected chi connectivity index (χ3v) is 3.45. The van der Waals surface area contributed by atoms with Crippen LogP contribution in [0.3, 0.4) is 0 Å². The van der Waals surface area contributed by atoms with Crippen molar-refractivity contribution in [2.45, 2.75) is 46.6 Å². The zero-order valence-corrected chi connectivity index (χ0v) is 12.4. The van der Waals surface area contributed by atoms with Crippen LogP contribution in [0.1, 0.15) is 51.3 Å². The Labute approximate surface area is 119 Å². The van der Waals surface area contributed by atoms with Crippen LogP contribution in [-0.4, -0.2) is 11.9 Å². The van der Waals surface area contributed by atoms with Crippen LogP contribution in [0.15, 0.2) is 18.2 Å². The molecule has 0 saturated heterocycles. The van der Waals surface area contributed by atoms with Crippen LogP contribution in [-0.2, 0) is 20.7 Å². The van der Waals surface area contributed by atoms with Crippen molar-refractivity contribution in [3.05, 3.63) is 29.3 Å². The van der Waals surface area contributed by atoms with E-state index in [4.69, 9.17) is 9.47 Å². The van der Waals surface area contributed by atoms with Gasteiger partial charge in [-0.2, -0.15) is 0 Å². The van der Waals surface area contributed by atoms with Crippen molar-refractivity contribution < 1.29 is 19.1 Å². The van der Waals surface area contributed by atoms with Crippen LogP contribution >= 0.6 is 0 Å². The highest BCUT2D eigenvalue weighted by Crippen LogP contribution is 2.46. The van der Waals surface area contributed by atoms with Crippen LogP contribution in [0.25, 0.3) is 0 Å². The molecule has 108 valence electrons. The number of hydrogen-bond acceptors (Lipinski definition) is 4. The van der Waals surface area contributed by atoms with Crippen LogP contribution in [0.5, 0.6) is 5.75 Å². The minimum Gasteiger partial charge on any atom is -0.457 e. The Kier molecular flexibility index (Phi) is 3.84.